The van der Waals surface area contributed by atoms with Gasteiger partial charge in [0.25, 0.3) is 0 Å². The molecule has 1 aliphatic rings. The van der Waals surface area contributed by atoms with Crippen LogP contribution in [0.3, 0.4) is 0 Å². The van der Waals surface area contributed by atoms with Gasteiger partial charge in [-0.1, -0.05) is 200 Å². The molecular weight excluding hydrogens is 947 g/mol. The lowest BCUT2D eigenvalue weighted by molar-refractivity contribution is 0.668. The fourth-order valence-corrected chi connectivity index (χ4v) is 13.5. The molecule has 6 heteroatoms. The second-order valence-electron chi connectivity index (χ2n) is 19.7. The van der Waals surface area contributed by atoms with Gasteiger partial charge >= 0.3 is 0 Å². The predicted octanol–water partition coefficient (Wildman–Crippen LogP) is 18.7. The summed E-state index contributed by atoms with van der Waals surface area (Å²) in [6, 6.07) is 88.8. The fourth-order valence-electron chi connectivity index (χ4n) is 12.3. The molecule has 4 heterocycles. The Morgan fingerprint density at radius 2 is 0.842 bits per heavy atom. The van der Waals surface area contributed by atoms with Crippen molar-refractivity contribution < 1.29 is 8.83 Å². The zero-order chi connectivity index (χ0) is 49.9. The van der Waals surface area contributed by atoms with Crippen molar-refractivity contribution in [2.75, 3.05) is 0 Å². The summed E-state index contributed by atoms with van der Waals surface area (Å²) in [7, 11) is 0. The first kappa shape index (κ1) is 42.7. The van der Waals surface area contributed by atoms with Gasteiger partial charge in [0.05, 0.1) is 5.41 Å². The van der Waals surface area contributed by atoms with Crippen molar-refractivity contribution in [1.29, 1.82) is 0 Å². The van der Waals surface area contributed by atoms with Crippen LogP contribution in [-0.4, -0.2) is 15.0 Å². The van der Waals surface area contributed by atoms with E-state index in [1.54, 1.807) is 11.3 Å². The molecular formula is C70H41N3O2S. The number of fused-ring (bicyclic) bond motifs is 12. The molecule has 0 fully saturated rings. The van der Waals surface area contributed by atoms with E-state index in [-0.39, 0.29) is 0 Å². The van der Waals surface area contributed by atoms with E-state index in [0.29, 0.717) is 17.5 Å². The first-order chi connectivity index (χ1) is 37.7. The van der Waals surface area contributed by atoms with E-state index in [0.717, 1.165) is 82.6 Å². The molecule has 0 saturated heterocycles. The maximum atomic E-state index is 6.65. The number of rotatable bonds is 7. The maximum Gasteiger partial charge on any atom is 0.164 e. The van der Waals surface area contributed by atoms with Crippen LogP contribution in [0.25, 0.3) is 132 Å². The highest BCUT2D eigenvalue weighted by molar-refractivity contribution is 7.25. The highest BCUT2D eigenvalue weighted by Gasteiger charge is 2.46. The van der Waals surface area contributed by atoms with Crippen molar-refractivity contribution in [3.8, 4) is 67.5 Å². The topological polar surface area (TPSA) is 65.0 Å². The highest BCUT2D eigenvalue weighted by atomic mass is 32.1. The largest absolute Gasteiger partial charge is 0.456 e. The molecule has 0 radical (unpaired) electrons. The number of aromatic nitrogens is 3. The third-order valence-electron chi connectivity index (χ3n) is 15.7. The van der Waals surface area contributed by atoms with Crippen LogP contribution in [0.1, 0.15) is 22.3 Å². The number of para-hydroxylation sites is 1. The van der Waals surface area contributed by atoms with E-state index in [1.807, 2.05) is 30.3 Å². The van der Waals surface area contributed by atoms with E-state index >= 15 is 0 Å². The molecule has 0 spiro atoms. The third kappa shape index (κ3) is 6.35. The maximum absolute atomic E-state index is 6.65. The Labute approximate surface area is 440 Å². The van der Waals surface area contributed by atoms with E-state index < -0.39 is 5.41 Å². The molecule has 354 valence electrons. The van der Waals surface area contributed by atoms with Gasteiger partial charge in [0.2, 0.25) is 0 Å². The minimum atomic E-state index is -0.465. The van der Waals surface area contributed by atoms with E-state index in [9.17, 15) is 0 Å². The summed E-state index contributed by atoms with van der Waals surface area (Å²) in [5, 5.41) is 6.37. The van der Waals surface area contributed by atoms with Crippen LogP contribution >= 0.6 is 11.3 Å². The molecule has 0 bridgehead atoms. The molecule has 0 N–H and O–H groups in total. The van der Waals surface area contributed by atoms with Crippen molar-refractivity contribution in [3.63, 3.8) is 0 Å². The lowest BCUT2D eigenvalue weighted by Crippen LogP contribution is -2.28. The van der Waals surface area contributed by atoms with Gasteiger partial charge in [-0.25, -0.2) is 15.0 Å². The second kappa shape index (κ2) is 16.6. The quantitative estimate of drug-likeness (QED) is 0.159. The van der Waals surface area contributed by atoms with Gasteiger partial charge in [0.15, 0.2) is 17.5 Å². The summed E-state index contributed by atoms with van der Waals surface area (Å²) in [5.74, 6) is 1.72. The molecule has 15 aromatic rings. The summed E-state index contributed by atoms with van der Waals surface area (Å²) in [4.78, 5) is 16.0. The summed E-state index contributed by atoms with van der Waals surface area (Å²) >= 11 is 1.78. The minimum Gasteiger partial charge on any atom is -0.456 e. The molecule has 5 nitrogen and oxygen atoms in total. The van der Waals surface area contributed by atoms with Gasteiger partial charge < -0.3 is 8.83 Å². The number of hydrogen-bond acceptors (Lipinski definition) is 6. The summed E-state index contributed by atoms with van der Waals surface area (Å²) in [6.07, 6.45) is 0. The molecule has 0 atom stereocenters. The lowest BCUT2D eigenvalue weighted by atomic mass is 9.67. The Kier molecular flexibility index (Phi) is 9.35. The summed E-state index contributed by atoms with van der Waals surface area (Å²) in [5.41, 5.74) is 17.6. The van der Waals surface area contributed by atoms with Crippen molar-refractivity contribution in [1.82, 2.24) is 15.0 Å². The molecule has 0 amide bonds. The summed E-state index contributed by atoms with van der Waals surface area (Å²) in [6.45, 7) is 0. The van der Waals surface area contributed by atoms with Crippen LogP contribution in [0.4, 0.5) is 0 Å². The van der Waals surface area contributed by atoms with Gasteiger partial charge in [0, 0.05) is 58.4 Å². The monoisotopic (exact) mass is 987 g/mol. The van der Waals surface area contributed by atoms with E-state index in [4.69, 9.17) is 23.8 Å². The van der Waals surface area contributed by atoms with Gasteiger partial charge in [-0.15, -0.1) is 11.3 Å². The van der Waals surface area contributed by atoms with Crippen molar-refractivity contribution in [2.45, 2.75) is 5.41 Å². The zero-order valence-electron chi connectivity index (χ0n) is 40.7. The number of thiophene rings is 1. The molecule has 76 heavy (non-hydrogen) atoms. The average molecular weight is 988 g/mol. The molecule has 11 aromatic carbocycles. The predicted molar refractivity (Wildman–Crippen MR) is 312 cm³/mol. The van der Waals surface area contributed by atoms with Gasteiger partial charge in [-0.2, -0.15) is 0 Å². The van der Waals surface area contributed by atoms with Crippen LogP contribution < -0.4 is 0 Å². The van der Waals surface area contributed by atoms with Crippen molar-refractivity contribution in [2.24, 2.45) is 0 Å². The Hall–Kier alpha value is -9.75. The van der Waals surface area contributed by atoms with Gasteiger partial charge in [-0.3, -0.25) is 0 Å². The standard InChI is InChI=1S/C70H41N3O2S/c1-3-16-46(17-4-1)70(47-18-5-2-6-19-47)56-26-10-7-21-51(56)64-48(23-13-27-57(64)70)43-34-32-42(33-35-43)44-37-39-59-55(40-44)65-53(24-14-29-60(65)74-59)68-71-67(45-36-38-50-49-20-8-11-28-58(49)75-61(50)41-45)72-69(73-68)54-25-15-31-63-66(54)52-22-9-12-30-62(52)76-63/h1-41H. The third-order valence-corrected chi connectivity index (χ3v) is 16.8. The van der Waals surface area contributed by atoms with E-state index in [2.05, 4.69) is 218 Å². The van der Waals surface area contributed by atoms with Crippen LogP contribution in [0.5, 0.6) is 0 Å². The summed E-state index contributed by atoms with van der Waals surface area (Å²) < 4.78 is 15.5. The molecule has 0 unspecified atom stereocenters. The van der Waals surface area contributed by atoms with Crippen LogP contribution in [0.2, 0.25) is 0 Å². The van der Waals surface area contributed by atoms with Gasteiger partial charge in [-0.05, 0) is 104 Å². The van der Waals surface area contributed by atoms with Crippen molar-refractivity contribution >= 4 is 75.4 Å². The van der Waals surface area contributed by atoms with Gasteiger partial charge in [0.1, 0.15) is 22.3 Å². The smallest absolute Gasteiger partial charge is 0.164 e. The normalized spacial score (nSPS) is 12.8. The number of hydrogen-bond donors (Lipinski definition) is 0. The SMILES string of the molecule is c1ccc(C2(c3ccccc3)c3ccccc3-c3c(-c4ccc(-c5ccc6oc7cccc(-c8nc(-c9ccc%10c(c9)oc9ccccc9%10)nc(-c9cccc%10sc%11ccccc%11c9%10)n8)c7c6c5)cc4)cccc32)cc1. The Morgan fingerprint density at radius 3 is 1.66 bits per heavy atom. The zero-order valence-corrected chi connectivity index (χ0v) is 41.6. The Bertz CT molecular complexity index is 4780. The van der Waals surface area contributed by atoms with Crippen LogP contribution in [0, 0.1) is 0 Å². The highest BCUT2D eigenvalue weighted by Crippen LogP contribution is 2.58. The average Bonchev–Trinajstić information content (AvgIpc) is 4.39. The second-order valence-corrected chi connectivity index (χ2v) is 20.8. The van der Waals surface area contributed by atoms with Crippen LogP contribution in [-0.2, 0) is 5.41 Å². The van der Waals surface area contributed by atoms with Crippen molar-refractivity contribution in [3.05, 3.63) is 271 Å². The fraction of sp³-hybridized carbons (Fsp3) is 0.0143. The minimum absolute atomic E-state index is 0.465. The number of benzene rings is 11. The number of furan rings is 2. The number of nitrogens with zero attached hydrogens (tertiary/aromatic N) is 3. The first-order valence-electron chi connectivity index (χ1n) is 25.6. The molecule has 1 aliphatic carbocycles. The molecule has 0 aliphatic heterocycles. The molecule has 0 saturated carbocycles. The van der Waals surface area contributed by atoms with Crippen LogP contribution in [0.15, 0.2) is 258 Å². The Balaban J connectivity index is 0.835. The molecule has 16 rings (SSSR count). The Morgan fingerprint density at radius 1 is 0.303 bits per heavy atom. The lowest BCUT2D eigenvalue weighted by Gasteiger charge is -2.34. The molecule has 4 aromatic heterocycles. The van der Waals surface area contributed by atoms with E-state index in [1.165, 1.54) is 53.7 Å². The first-order valence-corrected chi connectivity index (χ1v) is 26.5.